The van der Waals surface area contributed by atoms with Crippen molar-refractivity contribution in [1.29, 1.82) is 0 Å². The van der Waals surface area contributed by atoms with Gasteiger partial charge in [-0.15, -0.1) is 0 Å². The van der Waals surface area contributed by atoms with Gasteiger partial charge in [0.1, 0.15) is 57.8 Å². The van der Waals surface area contributed by atoms with Gasteiger partial charge in [0.2, 0.25) is 0 Å². The molecule has 1 saturated carbocycles. The summed E-state index contributed by atoms with van der Waals surface area (Å²) in [5.74, 6) is 5.05. The van der Waals surface area contributed by atoms with Gasteiger partial charge >= 0.3 is 0 Å². The number of rotatable bonds is 14. The van der Waals surface area contributed by atoms with Gasteiger partial charge in [-0.1, -0.05) is 298 Å². The molecule has 1 aliphatic rings. The van der Waals surface area contributed by atoms with Crippen LogP contribution in [0.25, 0.3) is 0 Å². The van der Waals surface area contributed by atoms with Crippen LogP contribution in [0.1, 0.15) is 376 Å². The summed E-state index contributed by atoms with van der Waals surface area (Å²) in [6.07, 6.45) is 9.59. The molecule has 0 heterocycles. The fraction of sp³-hybridized carbons (Fsp3) is 0.875. The van der Waals surface area contributed by atoms with E-state index in [2.05, 4.69) is 13.8 Å². The lowest BCUT2D eigenvalue weighted by Crippen LogP contribution is -2.26. The fourth-order valence-electron chi connectivity index (χ4n) is 6.61. The molecule has 11 heteroatoms. The first-order chi connectivity index (χ1) is 38.9. The minimum Gasteiger partial charge on any atom is -0.299 e. The van der Waals surface area contributed by atoms with Crippen molar-refractivity contribution in [2.24, 2.45) is 83.7 Å². The van der Waals surface area contributed by atoms with E-state index in [1.54, 1.807) is 6.92 Å². The van der Waals surface area contributed by atoms with Crippen LogP contribution in [0.2, 0.25) is 0 Å². The van der Waals surface area contributed by atoms with Crippen molar-refractivity contribution >= 4 is 71.3 Å². The average Bonchev–Trinajstić information content (AvgIpc) is 4.19. The number of hydrogen-bond acceptors (Lipinski definition) is 10. The van der Waals surface area contributed by atoms with Gasteiger partial charge < -0.3 is 0 Å². The predicted molar refractivity (Wildman–Crippen MR) is 404 cm³/mol. The molecule has 91 heavy (non-hydrogen) atoms. The second-order valence-electron chi connectivity index (χ2n) is 35.5. The Morgan fingerprint density at radius 3 is 0.593 bits per heavy atom. The van der Waals surface area contributed by atoms with Crippen LogP contribution in [0.4, 0.5) is 0 Å². The Morgan fingerprint density at radius 2 is 0.549 bits per heavy atom. The maximum absolute atomic E-state index is 11.4. The first-order valence-corrected chi connectivity index (χ1v) is 34.2. The minimum absolute atomic E-state index is 0. The molecular formula is C80H162O10S. The third kappa shape index (κ3) is 71.2. The molecule has 1 unspecified atom stereocenters. The van der Waals surface area contributed by atoms with E-state index in [9.17, 15) is 47.9 Å². The van der Waals surface area contributed by atoms with Crippen molar-refractivity contribution < 1.29 is 47.9 Å². The van der Waals surface area contributed by atoms with Crippen LogP contribution in [0.5, 0.6) is 0 Å². The average molecular weight is 1320 g/mol. The SMILES string of the molecule is C.CC(=O)C(C)(C)C.CC(C)(C)C(=O)C1CC1.CC(C)C(=O)C(C)(C)C.CC(C)CC(=O)C(C)(C)C.CCC(=O)C(C)(C)C.CCC(=O)C(C)(C)C.CCC(C)C(=O)C(C)(C)C.CCCC(=O)C(C)(C)C.CCCC(=O)C(C)(C)C.CC[C@H](C)C(=O)C(C)(C)C.S. The molecule has 0 radical (unpaired) electrons. The third-order valence-corrected chi connectivity index (χ3v) is 14.0. The Labute approximate surface area is 575 Å². The van der Waals surface area contributed by atoms with E-state index in [4.69, 9.17) is 0 Å². The van der Waals surface area contributed by atoms with E-state index in [1.807, 2.05) is 277 Å². The molecule has 0 N–H and O–H groups in total. The van der Waals surface area contributed by atoms with E-state index in [0.29, 0.717) is 83.1 Å². The molecule has 10 nitrogen and oxygen atoms in total. The standard InChI is InChI=1S/3C9H18O.C8H14O.3C8H16O.2C7H14O.C6H12O.CH4.H2S/c1-7(2)6-8(10)9(3,4)5;2*1-6-7(2)8(10)9(3,4)5;1-8(2,3)7(9)6-4-5-6;1-6(2)7(9)8(3,4)5;2*1-5-6-7(9)8(2,3)4;2*1-5-6(8)7(2,3)4;1-5(7)6(2,3)4;;/h3*7H,6H2,1-5H3;6H,4-5H2,1-3H3;6H,1-5H3;2*5-6H2,1-4H3;2*5H2,1-4H3;1-4H3;1H4;1H2/t;7-;;;;;;;;;;/m.0........../s1. The van der Waals surface area contributed by atoms with E-state index in [-0.39, 0.29) is 98.6 Å². The molecule has 0 spiro atoms. The van der Waals surface area contributed by atoms with Gasteiger partial charge in [-0.25, -0.2) is 0 Å². The highest BCUT2D eigenvalue weighted by molar-refractivity contribution is 7.59. The first kappa shape index (κ1) is 112. The number of carbonyl (C=O) groups is 10. The summed E-state index contributed by atoms with van der Waals surface area (Å²) in [7, 11) is 0. The molecule has 0 aromatic rings. The molecule has 548 valence electrons. The lowest BCUT2D eigenvalue weighted by molar-refractivity contribution is -0.130. The highest BCUT2D eigenvalue weighted by Gasteiger charge is 2.36. The van der Waals surface area contributed by atoms with Crippen molar-refractivity contribution in [2.75, 3.05) is 0 Å². The molecule has 1 rings (SSSR count). The summed E-state index contributed by atoms with van der Waals surface area (Å²) in [4.78, 5) is 111. The first-order valence-electron chi connectivity index (χ1n) is 34.2. The summed E-state index contributed by atoms with van der Waals surface area (Å²) in [5, 5.41) is 0. The van der Waals surface area contributed by atoms with Crippen LogP contribution in [0.3, 0.4) is 0 Å². The van der Waals surface area contributed by atoms with Crippen molar-refractivity contribution in [3.05, 3.63) is 0 Å². The summed E-state index contributed by atoms with van der Waals surface area (Å²) >= 11 is 0. The molecule has 2 atom stereocenters. The Hall–Kier alpha value is -2.95. The van der Waals surface area contributed by atoms with Crippen LogP contribution in [-0.2, 0) is 47.9 Å². The van der Waals surface area contributed by atoms with Gasteiger partial charge in [-0.05, 0) is 51.4 Å². The topological polar surface area (TPSA) is 171 Å². The Morgan fingerprint density at radius 1 is 0.330 bits per heavy atom. The van der Waals surface area contributed by atoms with Gasteiger partial charge in [0.05, 0.1) is 0 Å². The normalized spacial score (nSPS) is 13.0. The van der Waals surface area contributed by atoms with Crippen molar-refractivity contribution in [2.45, 2.75) is 376 Å². The molecule has 1 fully saturated rings. The predicted octanol–water partition coefficient (Wildman–Crippen LogP) is 23.4. The molecule has 0 bridgehead atoms. The highest BCUT2D eigenvalue weighted by atomic mass is 32.1. The Bertz CT molecular complexity index is 1900. The van der Waals surface area contributed by atoms with Crippen LogP contribution < -0.4 is 0 Å². The van der Waals surface area contributed by atoms with Gasteiger partial charge in [0.15, 0.2) is 0 Å². The zero-order valence-electron chi connectivity index (χ0n) is 68.2. The van der Waals surface area contributed by atoms with Crippen LogP contribution in [-0.4, -0.2) is 57.8 Å². The van der Waals surface area contributed by atoms with Gasteiger partial charge in [0, 0.05) is 110 Å². The van der Waals surface area contributed by atoms with E-state index < -0.39 is 0 Å². The zero-order valence-corrected chi connectivity index (χ0v) is 69.2. The number of carbonyl (C=O) groups excluding carboxylic acids is 10. The molecule has 0 aromatic heterocycles. The van der Waals surface area contributed by atoms with Gasteiger partial charge in [0.25, 0.3) is 0 Å². The largest absolute Gasteiger partial charge is 0.299 e. The van der Waals surface area contributed by atoms with Gasteiger partial charge in [-0.2, -0.15) is 13.5 Å². The molecule has 0 aromatic carbocycles. The van der Waals surface area contributed by atoms with E-state index >= 15 is 0 Å². The van der Waals surface area contributed by atoms with Crippen molar-refractivity contribution in [3.63, 3.8) is 0 Å². The Balaban J connectivity index is -0.0000000867. The quantitative estimate of drug-likeness (QED) is 0.163. The maximum atomic E-state index is 11.4. The molecule has 0 amide bonds. The highest BCUT2D eigenvalue weighted by Crippen LogP contribution is 2.36. The molecular weight excluding hydrogens is 1150 g/mol. The molecule has 0 aliphatic heterocycles. The Kier molecular flexibility index (Phi) is 62.3. The van der Waals surface area contributed by atoms with E-state index in [0.717, 1.165) is 51.4 Å². The van der Waals surface area contributed by atoms with Crippen LogP contribution in [0, 0.1) is 83.7 Å². The summed E-state index contributed by atoms with van der Waals surface area (Å²) in [6, 6.07) is 0. The summed E-state index contributed by atoms with van der Waals surface area (Å²) in [5.41, 5.74) is -1.38. The maximum Gasteiger partial charge on any atom is 0.141 e. The van der Waals surface area contributed by atoms with Crippen molar-refractivity contribution in [1.82, 2.24) is 0 Å². The van der Waals surface area contributed by atoms with Gasteiger partial charge in [-0.3, -0.25) is 47.9 Å². The number of Topliss-reactive ketones (excluding diaryl/α,β-unsaturated/α-hetero) is 10. The van der Waals surface area contributed by atoms with Crippen LogP contribution >= 0.6 is 13.5 Å². The number of ketones is 10. The lowest BCUT2D eigenvalue weighted by atomic mass is 9.83. The van der Waals surface area contributed by atoms with Crippen molar-refractivity contribution in [3.8, 4) is 0 Å². The number of hydrogen-bond donors (Lipinski definition) is 0. The summed E-state index contributed by atoms with van der Waals surface area (Å²) in [6.45, 7) is 84.3. The fourth-order valence-corrected chi connectivity index (χ4v) is 6.61. The van der Waals surface area contributed by atoms with Crippen LogP contribution in [0.15, 0.2) is 0 Å². The minimum atomic E-state index is -0.159. The lowest BCUT2D eigenvalue weighted by Gasteiger charge is -2.20. The third-order valence-electron chi connectivity index (χ3n) is 14.0. The monoisotopic (exact) mass is 1320 g/mol. The zero-order chi connectivity index (χ0) is 74.4. The van der Waals surface area contributed by atoms with E-state index in [1.165, 1.54) is 0 Å². The molecule has 0 saturated heterocycles. The second-order valence-corrected chi connectivity index (χ2v) is 35.5. The smallest absolute Gasteiger partial charge is 0.141 e. The molecule has 1 aliphatic carbocycles. The second kappa shape index (κ2) is 50.4. The summed E-state index contributed by atoms with van der Waals surface area (Å²) < 4.78 is 0.